The van der Waals surface area contributed by atoms with E-state index >= 15 is 0 Å². The summed E-state index contributed by atoms with van der Waals surface area (Å²) in [5.41, 5.74) is 0.485. The molecule has 1 N–H and O–H groups in total. The second-order valence-corrected chi connectivity index (χ2v) is 5.13. The summed E-state index contributed by atoms with van der Waals surface area (Å²) in [4.78, 5) is 11.2. The van der Waals surface area contributed by atoms with Gasteiger partial charge in [-0.2, -0.15) is 0 Å². The van der Waals surface area contributed by atoms with Gasteiger partial charge < -0.3 is 5.11 Å². The third-order valence-electron chi connectivity index (χ3n) is 2.32. The molecule has 0 saturated heterocycles. The normalized spacial score (nSPS) is 13.6. The highest BCUT2D eigenvalue weighted by Crippen LogP contribution is 2.35. The van der Waals surface area contributed by atoms with Crippen LogP contribution in [0.15, 0.2) is 24.3 Å². The summed E-state index contributed by atoms with van der Waals surface area (Å²) in [7, 11) is 0. The Bertz CT molecular complexity index is 349. The van der Waals surface area contributed by atoms with Gasteiger partial charge in [0.25, 0.3) is 0 Å². The summed E-state index contributed by atoms with van der Waals surface area (Å²) in [6.07, 6.45) is 0. The van der Waals surface area contributed by atoms with E-state index in [1.165, 1.54) is 0 Å². The fourth-order valence-electron chi connectivity index (χ4n) is 1.67. The molecule has 0 bridgehead atoms. The van der Waals surface area contributed by atoms with Crippen molar-refractivity contribution in [2.24, 2.45) is 5.41 Å². The van der Waals surface area contributed by atoms with Crippen molar-refractivity contribution in [3.63, 3.8) is 0 Å². The molecule has 15 heavy (non-hydrogen) atoms. The van der Waals surface area contributed by atoms with Crippen LogP contribution in [0.2, 0.25) is 5.02 Å². The molecule has 0 radical (unpaired) electrons. The highest BCUT2D eigenvalue weighted by Gasteiger charge is 2.32. The predicted octanol–water partition coefficient (Wildman–Crippen LogP) is 3.55. The summed E-state index contributed by atoms with van der Waals surface area (Å²) in [5, 5.41) is 9.82. The van der Waals surface area contributed by atoms with Crippen LogP contribution in [-0.2, 0) is 4.79 Å². The molecule has 0 amide bonds. The van der Waals surface area contributed by atoms with Crippen LogP contribution < -0.4 is 0 Å². The van der Waals surface area contributed by atoms with Gasteiger partial charge in [-0.15, -0.1) is 0 Å². The Kier molecular flexibility index (Phi) is 3.40. The minimum atomic E-state index is -0.801. The van der Waals surface area contributed by atoms with E-state index in [9.17, 15) is 9.90 Å². The molecule has 3 heteroatoms. The van der Waals surface area contributed by atoms with E-state index < -0.39 is 11.9 Å². The zero-order valence-corrected chi connectivity index (χ0v) is 9.88. The number of aliphatic carboxylic acids is 1. The van der Waals surface area contributed by atoms with Crippen LogP contribution in [0.5, 0.6) is 0 Å². The van der Waals surface area contributed by atoms with Gasteiger partial charge in [-0.3, -0.25) is 4.79 Å². The molecule has 2 nitrogen and oxygen atoms in total. The maximum Gasteiger partial charge on any atom is 0.311 e. The number of hydrogen-bond acceptors (Lipinski definition) is 1. The molecule has 0 spiro atoms. The summed E-state index contributed by atoms with van der Waals surface area (Å²) in [6.45, 7) is 5.75. The molecule has 0 aliphatic carbocycles. The Morgan fingerprint density at radius 3 is 2.07 bits per heavy atom. The molecule has 0 unspecified atom stereocenters. The lowest BCUT2D eigenvalue weighted by atomic mass is 9.76. The van der Waals surface area contributed by atoms with Gasteiger partial charge in [0, 0.05) is 5.02 Å². The number of rotatable bonds is 2. The Hall–Kier alpha value is -1.02. The number of halogens is 1. The Morgan fingerprint density at radius 2 is 1.73 bits per heavy atom. The molecule has 0 fully saturated rings. The molecule has 82 valence electrons. The Labute approximate surface area is 94.9 Å². The largest absolute Gasteiger partial charge is 0.481 e. The van der Waals surface area contributed by atoms with Gasteiger partial charge in [0.1, 0.15) is 0 Å². The van der Waals surface area contributed by atoms with Gasteiger partial charge in [0.15, 0.2) is 0 Å². The van der Waals surface area contributed by atoms with Crippen molar-refractivity contribution in [2.45, 2.75) is 26.7 Å². The zero-order valence-electron chi connectivity index (χ0n) is 9.12. The third kappa shape index (κ3) is 2.96. The smallest absolute Gasteiger partial charge is 0.311 e. The van der Waals surface area contributed by atoms with Gasteiger partial charge in [0.05, 0.1) is 5.92 Å². The molecule has 0 aromatic heterocycles. The molecule has 1 atom stereocenters. The first-order chi connectivity index (χ1) is 6.82. The molecule has 0 aliphatic heterocycles. The van der Waals surface area contributed by atoms with Crippen molar-refractivity contribution < 1.29 is 9.90 Å². The standard InChI is InChI=1S/C12H15ClO2/c1-12(2,3)10(11(14)15)8-4-6-9(13)7-5-8/h4-7,10H,1-3H3,(H,14,15)/t10-/m0/s1. The number of hydrogen-bond donors (Lipinski definition) is 1. The quantitative estimate of drug-likeness (QED) is 0.837. The van der Waals surface area contributed by atoms with E-state index in [-0.39, 0.29) is 5.41 Å². The van der Waals surface area contributed by atoms with Gasteiger partial charge in [0.2, 0.25) is 0 Å². The van der Waals surface area contributed by atoms with Crippen LogP contribution in [0.25, 0.3) is 0 Å². The molecule has 1 rings (SSSR count). The zero-order chi connectivity index (χ0) is 11.6. The van der Waals surface area contributed by atoms with Gasteiger partial charge in [-0.05, 0) is 23.1 Å². The highest BCUT2D eigenvalue weighted by atomic mass is 35.5. The number of benzene rings is 1. The monoisotopic (exact) mass is 226 g/mol. The average Bonchev–Trinajstić information content (AvgIpc) is 2.05. The van der Waals surface area contributed by atoms with Crippen molar-refractivity contribution in [1.29, 1.82) is 0 Å². The lowest BCUT2D eigenvalue weighted by Gasteiger charge is -2.27. The van der Waals surface area contributed by atoms with Crippen LogP contribution in [0.4, 0.5) is 0 Å². The maximum absolute atomic E-state index is 11.2. The van der Waals surface area contributed by atoms with E-state index in [1.807, 2.05) is 20.8 Å². The lowest BCUT2D eigenvalue weighted by molar-refractivity contribution is -0.141. The minimum absolute atomic E-state index is 0.306. The summed E-state index contributed by atoms with van der Waals surface area (Å²) < 4.78 is 0. The second kappa shape index (κ2) is 4.23. The van der Waals surface area contributed by atoms with Crippen molar-refractivity contribution in [2.75, 3.05) is 0 Å². The summed E-state index contributed by atoms with van der Waals surface area (Å²) in [6, 6.07) is 6.98. The van der Waals surface area contributed by atoms with E-state index in [2.05, 4.69) is 0 Å². The van der Waals surface area contributed by atoms with Crippen molar-refractivity contribution in [3.05, 3.63) is 34.9 Å². The topological polar surface area (TPSA) is 37.3 Å². The van der Waals surface area contributed by atoms with Gasteiger partial charge >= 0.3 is 5.97 Å². The van der Waals surface area contributed by atoms with Crippen LogP contribution >= 0.6 is 11.6 Å². The van der Waals surface area contributed by atoms with Gasteiger partial charge in [-0.1, -0.05) is 44.5 Å². The Balaban J connectivity index is 3.11. The second-order valence-electron chi connectivity index (χ2n) is 4.69. The van der Waals surface area contributed by atoms with Gasteiger partial charge in [-0.25, -0.2) is 0 Å². The third-order valence-corrected chi connectivity index (χ3v) is 2.57. The molecule has 0 saturated carbocycles. The van der Waals surface area contributed by atoms with Crippen molar-refractivity contribution in [1.82, 2.24) is 0 Å². The average molecular weight is 227 g/mol. The first-order valence-corrected chi connectivity index (χ1v) is 5.18. The molecule has 0 aliphatic rings. The lowest BCUT2D eigenvalue weighted by Crippen LogP contribution is -2.26. The maximum atomic E-state index is 11.2. The number of carbonyl (C=O) groups is 1. The van der Waals surface area contributed by atoms with Crippen molar-refractivity contribution in [3.8, 4) is 0 Å². The minimum Gasteiger partial charge on any atom is -0.481 e. The molecule has 1 aromatic rings. The van der Waals surface area contributed by atoms with Crippen LogP contribution in [0, 0.1) is 5.41 Å². The van der Waals surface area contributed by atoms with Crippen LogP contribution in [0.1, 0.15) is 32.3 Å². The predicted molar refractivity (Wildman–Crippen MR) is 61.3 cm³/mol. The van der Waals surface area contributed by atoms with E-state index in [0.29, 0.717) is 5.02 Å². The first-order valence-electron chi connectivity index (χ1n) is 4.80. The molecule has 0 heterocycles. The van der Waals surface area contributed by atoms with Crippen LogP contribution in [-0.4, -0.2) is 11.1 Å². The number of carboxylic acid groups (broad SMARTS) is 1. The first kappa shape index (κ1) is 12.1. The Morgan fingerprint density at radius 1 is 1.27 bits per heavy atom. The number of carboxylic acids is 1. The summed E-state index contributed by atoms with van der Waals surface area (Å²) in [5.74, 6) is -1.31. The molecular weight excluding hydrogens is 212 g/mol. The summed E-state index contributed by atoms with van der Waals surface area (Å²) >= 11 is 5.76. The molecular formula is C12H15ClO2. The van der Waals surface area contributed by atoms with E-state index in [0.717, 1.165) is 5.56 Å². The fourth-order valence-corrected chi connectivity index (χ4v) is 1.79. The fraction of sp³-hybridized carbons (Fsp3) is 0.417. The molecule has 1 aromatic carbocycles. The van der Waals surface area contributed by atoms with Crippen molar-refractivity contribution >= 4 is 17.6 Å². The van der Waals surface area contributed by atoms with Crippen LogP contribution in [0.3, 0.4) is 0 Å². The highest BCUT2D eigenvalue weighted by molar-refractivity contribution is 6.30. The van der Waals surface area contributed by atoms with E-state index in [4.69, 9.17) is 11.6 Å². The SMILES string of the molecule is CC(C)(C)[C@H](C(=O)O)c1ccc(Cl)cc1. The van der Waals surface area contributed by atoms with E-state index in [1.54, 1.807) is 24.3 Å².